The third-order valence-electron chi connectivity index (χ3n) is 3.94. The van der Waals surface area contributed by atoms with Gasteiger partial charge in [0.2, 0.25) is 5.91 Å². The zero-order valence-corrected chi connectivity index (χ0v) is 15.4. The summed E-state index contributed by atoms with van der Waals surface area (Å²) in [6.45, 7) is 0.988. The Morgan fingerprint density at radius 1 is 1.04 bits per heavy atom. The van der Waals surface area contributed by atoms with E-state index in [1.165, 1.54) is 12.1 Å². The Kier molecular flexibility index (Phi) is 7.42. The lowest BCUT2D eigenvalue weighted by molar-refractivity contribution is -0.384. The first kappa shape index (κ1) is 20.0. The Bertz CT molecular complexity index is 777. The molecule has 2 aromatic carbocycles. The van der Waals surface area contributed by atoms with Crippen LogP contribution in [-0.2, 0) is 11.2 Å². The first-order chi connectivity index (χ1) is 13.0. The smallest absolute Gasteiger partial charge is 0.269 e. The summed E-state index contributed by atoms with van der Waals surface area (Å²) in [4.78, 5) is 22.1. The molecular weight excluding hydrogens is 350 g/mol. The molecular formula is C19H23N3O5. The fourth-order valence-corrected chi connectivity index (χ4v) is 2.49. The lowest BCUT2D eigenvalue weighted by Crippen LogP contribution is -2.28. The van der Waals surface area contributed by atoms with E-state index in [1.807, 2.05) is 18.2 Å². The third-order valence-corrected chi connectivity index (χ3v) is 3.94. The molecule has 0 aliphatic heterocycles. The second kappa shape index (κ2) is 10.0. The van der Waals surface area contributed by atoms with Gasteiger partial charge in [-0.25, -0.2) is 0 Å². The Hall–Kier alpha value is -3.29. The van der Waals surface area contributed by atoms with Crippen LogP contribution in [0, 0.1) is 10.1 Å². The molecule has 0 radical (unpaired) electrons. The van der Waals surface area contributed by atoms with E-state index in [0.717, 1.165) is 11.3 Å². The van der Waals surface area contributed by atoms with Crippen molar-refractivity contribution in [1.29, 1.82) is 0 Å². The zero-order chi connectivity index (χ0) is 19.6. The van der Waals surface area contributed by atoms with Gasteiger partial charge < -0.3 is 20.1 Å². The van der Waals surface area contributed by atoms with Crippen LogP contribution in [-0.4, -0.2) is 38.1 Å². The third kappa shape index (κ3) is 6.18. The van der Waals surface area contributed by atoms with Gasteiger partial charge in [-0.15, -0.1) is 0 Å². The van der Waals surface area contributed by atoms with E-state index >= 15 is 0 Å². The summed E-state index contributed by atoms with van der Waals surface area (Å²) in [5.41, 5.74) is 1.80. The average Bonchev–Trinajstić information content (AvgIpc) is 2.69. The molecule has 0 aliphatic carbocycles. The fraction of sp³-hybridized carbons (Fsp3) is 0.316. The molecule has 2 aromatic rings. The molecule has 0 atom stereocenters. The summed E-state index contributed by atoms with van der Waals surface area (Å²) in [5, 5.41) is 16.5. The molecule has 0 saturated heterocycles. The van der Waals surface area contributed by atoms with E-state index in [-0.39, 0.29) is 11.6 Å². The molecule has 8 nitrogen and oxygen atoms in total. The van der Waals surface area contributed by atoms with Gasteiger partial charge in [-0.05, 0) is 36.2 Å². The van der Waals surface area contributed by atoms with E-state index in [4.69, 9.17) is 9.47 Å². The highest BCUT2D eigenvalue weighted by Gasteiger charge is 2.07. The Labute approximate surface area is 157 Å². The van der Waals surface area contributed by atoms with E-state index in [1.54, 1.807) is 26.4 Å². The lowest BCUT2D eigenvalue weighted by atomic mass is 10.1. The minimum atomic E-state index is -0.442. The number of nitro benzene ring substituents is 1. The number of anilines is 1. The highest BCUT2D eigenvalue weighted by atomic mass is 16.6. The Morgan fingerprint density at radius 3 is 2.37 bits per heavy atom. The van der Waals surface area contributed by atoms with Crippen molar-refractivity contribution in [3.8, 4) is 11.5 Å². The van der Waals surface area contributed by atoms with Crippen LogP contribution >= 0.6 is 0 Å². The number of nitrogens with zero attached hydrogens (tertiary/aromatic N) is 1. The van der Waals surface area contributed by atoms with E-state index in [9.17, 15) is 14.9 Å². The van der Waals surface area contributed by atoms with Crippen LogP contribution in [0.2, 0.25) is 0 Å². The molecule has 27 heavy (non-hydrogen) atoms. The molecule has 144 valence electrons. The van der Waals surface area contributed by atoms with E-state index < -0.39 is 4.92 Å². The summed E-state index contributed by atoms with van der Waals surface area (Å²) in [6.07, 6.45) is 0.967. The maximum atomic E-state index is 12.0. The van der Waals surface area contributed by atoms with Crippen LogP contribution in [0.3, 0.4) is 0 Å². The predicted octanol–water partition coefficient (Wildman–Crippen LogP) is 2.77. The standard InChI is InChI=1S/C19H23N3O5/c1-26-17-9-3-14(13-18(17)27-2)4-10-19(23)21-12-11-20-15-5-7-16(8-6-15)22(24)25/h3,5-9,13,20H,4,10-12H2,1-2H3,(H,21,23). The average molecular weight is 373 g/mol. The molecule has 2 N–H and O–H groups in total. The molecule has 0 spiro atoms. The summed E-state index contributed by atoms with van der Waals surface area (Å²) in [5.74, 6) is 1.25. The number of rotatable bonds is 10. The highest BCUT2D eigenvalue weighted by Crippen LogP contribution is 2.27. The van der Waals surface area contributed by atoms with Gasteiger partial charge in [0.25, 0.3) is 5.69 Å². The minimum Gasteiger partial charge on any atom is -0.493 e. The number of non-ortho nitro benzene ring substituents is 1. The molecule has 2 rings (SSSR count). The van der Waals surface area contributed by atoms with Crippen molar-refractivity contribution in [1.82, 2.24) is 5.32 Å². The van der Waals surface area contributed by atoms with Crippen molar-refractivity contribution in [2.45, 2.75) is 12.8 Å². The summed E-state index contributed by atoms with van der Waals surface area (Å²) < 4.78 is 10.4. The van der Waals surface area contributed by atoms with Crippen LogP contribution < -0.4 is 20.1 Å². The van der Waals surface area contributed by atoms with Crippen molar-refractivity contribution in [2.75, 3.05) is 32.6 Å². The molecule has 0 aromatic heterocycles. The van der Waals surface area contributed by atoms with E-state index in [0.29, 0.717) is 37.4 Å². The minimum absolute atomic E-state index is 0.0454. The van der Waals surface area contributed by atoms with Crippen LogP contribution in [0.1, 0.15) is 12.0 Å². The number of amides is 1. The molecule has 0 heterocycles. The maximum absolute atomic E-state index is 12.0. The first-order valence-electron chi connectivity index (χ1n) is 8.49. The molecule has 0 bridgehead atoms. The van der Waals surface area contributed by atoms with Gasteiger partial charge >= 0.3 is 0 Å². The quantitative estimate of drug-likeness (QED) is 0.377. The maximum Gasteiger partial charge on any atom is 0.269 e. The van der Waals surface area contributed by atoms with Gasteiger partial charge in [-0.2, -0.15) is 0 Å². The van der Waals surface area contributed by atoms with Crippen LogP contribution in [0.25, 0.3) is 0 Å². The number of methoxy groups -OCH3 is 2. The molecule has 0 saturated carbocycles. The number of carbonyl (C=O) groups is 1. The van der Waals surface area contributed by atoms with Crippen molar-refractivity contribution in [2.24, 2.45) is 0 Å². The van der Waals surface area contributed by atoms with Crippen molar-refractivity contribution >= 4 is 17.3 Å². The molecule has 0 aliphatic rings. The topological polar surface area (TPSA) is 103 Å². The van der Waals surface area contributed by atoms with Gasteiger partial charge in [0, 0.05) is 37.3 Å². The molecule has 8 heteroatoms. The normalized spacial score (nSPS) is 10.1. The lowest BCUT2D eigenvalue weighted by Gasteiger charge is -2.10. The fourth-order valence-electron chi connectivity index (χ4n) is 2.49. The molecule has 0 unspecified atom stereocenters. The van der Waals surface area contributed by atoms with Crippen molar-refractivity contribution in [3.63, 3.8) is 0 Å². The second-order valence-electron chi connectivity index (χ2n) is 5.77. The van der Waals surface area contributed by atoms with Crippen LogP contribution in [0.15, 0.2) is 42.5 Å². The second-order valence-corrected chi connectivity index (χ2v) is 5.77. The highest BCUT2D eigenvalue weighted by molar-refractivity contribution is 5.76. The van der Waals surface area contributed by atoms with Gasteiger partial charge in [-0.3, -0.25) is 14.9 Å². The summed E-state index contributed by atoms with van der Waals surface area (Å²) >= 11 is 0. The SMILES string of the molecule is COc1ccc(CCC(=O)NCCNc2ccc([N+](=O)[O-])cc2)cc1OC. The largest absolute Gasteiger partial charge is 0.493 e. The number of benzene rings is 2. The number of aryl methyl sites for hydroxylation is 1. The van der Waals surface area contributed by atoms with Crippen LogP contribution in [0.4, 0.5) is 11.4 Å². The summed E-state index contributed by atoms with van der Waals surface area (Å²) in [6, 6.07) is 11.7. The zero-order valence-electron chi connectivity index (χ0n) is 15.4. The number of hydrogen-bond donors (Lipinski definition) is 2. The number of nitrogens with one attached hydrogen (secondary N) is 2. The van der Waals surface area contributed by atoms with E-state index in [2.05, 4.69) is 10.6 Å². The predicted molar refractivity (Wildman–Crippen MR) is 102 cm³/mol. The number of hydrogen-bond acceptors (Lipinski definition) is 6. The summed E-state index contributed by atoms with van der Waals surface area (Å²) in [7, 11) is 3.15. The van der Waals surface area contributed by atoms with Gasteiger partial charge in [0.05, 0.1) is 19.1 Å². The monoisotopic (exact) mass is 373 g/mol. The molecule has 0 fully saturated rings. The number of ether oxygens (including phenoxy) is 2. The number of nitro groups is 1. The molecule has 1 amide bonds. The Balaban J connectivity index is 1.69. The van der Waals surface area contributed by atoms with Crippen LogP contribution in [0.5, 0.6) is 11.5 Å². The van der Waals surface area contributed by atoms with Crippen molar-refractivity contribution < 1.29 is 19.2 Å². The Morgan fingerprint density at radius 2 is 1.74 bits per heavy atom. The van der Waals surface area contributed by atoms with Gasteiger partial charge in [0.1, 0.15) is 0 Å². The van der Waals surface area contributed by atoms with Gasteiger partial charge in [0.15, 0.2) is 11.5 Å². The van der Waals surface area contributed by atoms with Crippen molar-refractivity contribution in [3.05, 3.63) is 58.1 Å². The first-order valence-corrected chi connectivity index (χ1v) is 8.49. The van der Waals surface area contributed by atoms with Gasteiger partial charge in [-0.1, -0.05) is 6.07 Å². The number of carbonyl (C=O) groups excluding carboxylic acids is 1.